The molecule has 5 nitrogen and oxygen atoms in total. The molecule has 0 heterocycles. The van der Waals surface area contributed by atoms with Crippen LogP contribution in [0.2, 0.25) is 0 Å². The van der Waals surface area contributed by atoms with Gasteiger partial charge in [-0.15, -0.1) is 0 Å². The van der Waals surface area contributed by atoms with Crippen LogP contribution in [0.25, 0.3) is 0 Å². The van der Waals surface area contributed by atoms with Crippen LogP contribution in [0.4, 0.5) is 0 Å². The average Bonchev–Trinajstić information content (AvgIpc) is 2.57. The van der Waals surface area contributed by atoms with Crippen molar-refractivity contribution in [2.45, 2.75) is 18.6 Å². The smallest absolute Gasteiger partial charge is 0.326 e. The zero-order valence-corrected chi connectivity index (χ0v) is 12.8. The van der Waals surface area contributed by atoms with E-state index in [1.807, 2.05) is 36.4 Å². The molecule has 0 aromatic heterocycles. The molecule has 0 aliphatic carbocycles. The lowest BCUT2D eigenvalue weighted by atomic mass is 10.0. The number of rotatable bonds is 7. The number of hydrogen-bond donors (Lipinski definition) is 2. The molecule has 0 aliphatic rings. The summed E-state index contributed by atoms with van der Waals surface area (Å²) in [6.45, 7) is 0. The van der Waals surface area contributed by atoms with Gasteiger partial charge in [-0.1, -0.05) is 60.7 Å². The van der Waals surface area contributed by atoms with Gasteiger partial charge in [-0.2, -0.15) is 0 Å². The number of nitrogens with one attached hydrogen (secondary N) is 1. The molecule has 0 saturated heterocycles. The number of ether oxygens (including phenoxy) is 1. The Morgan fingerprint density at radius 2 is 1.61 bits per heavy atom. The Labute approximate surface area is 134 Å². The highest BCUT2D eigenvalue weighted by Gasteiger charge is 2.26. The summed E-state index contributed by atoms with van der Waals surface area (Å²) >= 11 is 0. The van der Waals surface area contributed by atoms with Crippen LogP contribution >= 0.6 is 0 Å². The molecule has 0 unspecified atom stereocenters. The Balaban J connectivity index is 2.09. The number of amides is 1. The maximum Gasteiger partial charge on any atom is 0.326 e. The molecule has 2 atom stereocenters. The number of carboxylic acid groups (broad SMARTS) is 1. The van der Waals surface area contributed by atoms with Gasteiger partial charge in [0.05, 0.1) is 0 Å². The fraction of sp³-hybridized carbons (Fsp3) is 0.222. The van der Waals surface area contributed by atoms with Crippen molar-refractivity contribution in [3.05, 3.63) is 71.8 Å². The number of methoxy groups -OCH3 is 1. The van der Waals surface area contributed by atoms with Gasteiger partial charge in [0.15, 0.2) is 6.10 Å². The highest BCUT2D eigenvalue weighted by Crippen LogP contribution is 2.17. The largest absolute Gasteiger partial charge is 0.480 e. The first-order valence-electron chi connectivity index (χ1n) is 7.26. The number of carboxylic acids is 1. The van der Waals surface area contributed by atoms with E-state index in [-0.39, 0.29) is 6.42 Å². The van der Waals surface area contributed by atoms with E-state index < -0.39 is 24.0 Å². The Morgan fingerprint density at radius 3 is 2.13 bits per heavy atom. The van der Waals surface area contributed by atoms with Gasteiger partial charge in [0, 0.05) is 13.5 Å². The molecule has 2 aromatic rings. The first-order chi connectivity index (χ1) is 11.1. The fourth-order valence-corrected chi connectivity index (χ4v) is 2.32. The normalized spacial score (nSPS) is 13.1. The van der Waals surface area contributed by atoms with Crippen LogP contribution in [0.15, 0.2) is 60.7 Å². The lowest BCUT2D eigenvalue weighted by Crippen LogP contribution is -2.44. The molecular weight excluding hydrogens is 294 g/mol. The summed E-state index contributed by atoms with van der Waals surface area (Å²) < 4.78 is 5.22. The van der Waals surface area contributed by atoms with Crippen molar-refractivity contribution in [2.75, 3.05) is 7.11 Å². The van der Waals surface area contributed by atoms with Gasteiger partial charge in [-0.25, -0.2) is 4.79 Å². The highest BCUT2D eigenvalue weighted by atomic mass is 16.5. The van der Waals surface area contributed by atoms with E-state index >= 15 is 0 Å². The van der Waals surface area contributed by atoms with Crippen molar-refractivity contribution < 1.29 is 19.4 Å². The molecule has 0 radical (unpaired) electrons. The van der Waals surface area contributed by atoms with Crippen molar-refractivity contribution >= 4 is 11.9 Å². The Hall–Kier alpha value is -2.66. The van der Waals surface area contributed by atoms with E-state index in [4.69, 9.17) is 4.74 Å². The lowest BCUT2D eigenvalue weighted by Gasteiger charge is -2.20. The summed E-state index contributed by atoms with van der Waals surface area (Å²) in [6, 6.07) is 17.1. The predicted molar refractivity (Wildman–Crippen MR) is 85.9 cm³/mol. The van der Waals surface area contributed by atoms with E-state index in [0.717, 1.165) is 5.56 Å². The summed E-state index contributed by atoms with van der Waals surface area (Å²) in [5.41, 5.74) is 1.52. The van der Waals surface area contributed by atoms with Gasteiger partial charge in [-0.05, 0) is 11.1 Å². The van der Waals surface area contributed by atoms with Crippen LogP contribution < -0.4 is 5.32 Å². The Morgan fingerprint density at radius 1 is 1.04 bits per heavy atom. The summed E-state index contributed by atoms with van der Waals surface area (Å²) in [5.74, 6) is -1.55. The van der Waals surface area contributed by atoms with E-state index in [1.54, 1.807) is 24.3 Å². The predicted octanol–water partition coefficient (Wildman–Crippen LogP) is 2.19. The first-order valence-corrected chi connectivity index (χ1v) is 7.26. The quantitative estimate of drug-likeness (QED) is 0.821. The molecule has 1 amide bonds. The van der Waals surface area contributed by atoms with Crippen LogP contribution in [0.5, 0.6) is 0 Å². The van der Waals surface area contributed by atoms with Crippen molar-refractivity contribution in [3.8, 4) is 0 Å². The fourth-order valence-electron chi connectivity index (χ4n) is 2.32. The minimum absolute atomic E-state index is 0.215. The summed E-state index contributed by atoms with van der Waals surface area (Å²) in [6.07, 6.45) is -0.624. The molecule has 5 heteroatoms. The third kappa shape index (κ3) is 4.66. The average molecular weight is 313 g/mol. The molecule has 0 fully saturated rings. The molecule has 2 N–H and O–H groups in total. The topological polar surface area (TPSA) is 75.6 Å². The molecule has 2 rings (SSSR count). The van der Waals surface area contributed by atoms with Gasteiger partial charge in [0.1, 0.15) is 6.04 Å². The minimum atomic E-state index is -1.08. The Bertz CT molecular complexity index is 643. The highest BCUT2D eigenvalue weighted by molar-refractivity contribution is 5.87. The van der Waals surface area contributed by atoms with E-state index in [0.29, 0.717) is 5.56 Å². The molecule has 0 saturated carbocycles. The Kier molecular flexibility index (Phi) is 5.88. The van der Waals surface area contributed by atoms with E-state index in [9.17, 15) is 14.7 Å². The first kappa shape index (κ1) is 16.7. The number of carbonyl (C=O) groups excluding carboxylic acids is 1. The minimum Gasteiger partial charge on any atom is -0.480 e. The van der Waals surface area contributed by atoms with Crippen molar-refractivity contribution in [3.63, 3.8) is 0 Å². The van der Waals surface area contributed by atoms with Crippen LogP contribution in [-0.4, -0.2) is 30.1 Å². The monoisotopic (exact) mass is 313 g/mol. The van der Waals surface area contributed by atoms with Crippen LogP contribution in [0.1, 0.15) is 17.2 Å². The third-order valence-electron chi connectivity index (χ3n) is 3.47. The summed E-state index contributed by atoms with van der Waals surface area (Å²) in [4.78, 5) is 23.8. The van der Waals surface area contributed by atoms with E-state index in [2.05, 4.69) is 5.32 Å². The number of aliphatic carboxylic acids is 1. The zero-order valence-electron chi connectivity index (χ0n) is 12.8. The maximum atomic E-state index is 12.4. The van der Waals surface area contributed by atoms with Crippen LogP contribution in [0.3, 0.4) is 0 Å². The SMILES string of the molecule is CO[C@@H](C(=O)N[C@@H](Cc1ccccc1)C(=O)O)c1ccccc1. The second-order valence-electron chi connectivity index (χ2n) is 5.12. The number of hydrogen-bond acceptors (Lipinski definition) is 3. The van der Waals surface area contributed by atoms with Gasteiger partial charge in [-0.3, -0.25) is 4.79 Å². The van der Waals surface area contributed by atoms with Gasteiger partial charge < -0.3 is 15.2 Å². The van der Waals surface area contributed by atoms with Crippen LogP contribution in [-0.2, 0) is 20.7 Å². The summed E-state index contributed by atoms with van der Waals surface area (Å²) in [5, 5.41) is 11.9. The molecule has 0 aliphatic heterocycles. The van der Waals surface area contributed by atoms with Crippen molar-refractivity contribution in [1.29, 1.82) is 0 Å². The lowest BCUT2D eigenvalue weighted by molar-refractivity contribution is -0.144. The maximum absolute atomic E-state index is 12.4. The van der Waals surface area contributed by atoms with Gasteiger partial charge >= 0.3 is 5.97 Å². The zero-order chi connectivity index (χ0) is 16.7. The molecule has 120 valence electrons. The molecule has 0 bridgehead atoms. The summed E-state index contributed by atoms with van der Waals surface area (Å²) in [7, 11) is 1.42. The number of benzene rings is 2. The molecule has 2 aromatic carbocycles. The van der Waals surface area contributed by atoms with E-state index in [1.165, 1.54) is 7.11 Å². The third-order valence-corrected chi connectivity index (χ3v) is 3.47. The van der Waals surface area contributed by atoms with Crippen LogP contribution in [0, 0.1) is 0 Å². The number of carbonyl (C=O) groups is 2. The molecular formula is C18H19NO4. The molecule has 0 spiro atoms. The second-order valence-corrected chi connectivity index (χ2v) is 5.12. The van der Waals surface area contributed by atoms with Crippen molar-refractivity contribution in [2.24, 2.45) is 0 Å². The molecule has 23 heavy (non-hydrogen) atoms. The van der Waals surface area contributed by atoms with Gasteiger partial charge in [0.25, 0.3) is 5.91 Å². The standard InChI is InChI=1S/C18H19NO4/c1-23-16(14-10-6-3-7-11-14)17(20)19-15(18(21)22)12-13-8-4-2-5-9-13/h2-11,15-16H,12H2,1H3,(H,19,20)(H,21,22)/t15-,16+/m0/s1. The van der Waals surface area contributed by atoms with Gasteiger partial charge in [0.2, 0.25) is 0 Å². The van der Waals surface area contributed by atoms with Crippen molar-refractivity contribution in [1.82, 2.24) is 5.32 Å². The second kappa shape index (κ2) is 8.10.